The van der Waals surface area contributed by atoms with Crippen LogP contribution in [0, 0.1) is 0 Å². The fraction of sp³-hybridized carbons (Fsp3) is 0.167. The molecule has 2 aromatic rings. The van der Waals surface area contributed by atoms with Crippen molar-refractivity contribution in [3.8, 4) is 0 Å². The van der Waals surface area contributed by atoms with E-state index in [9.17, 15) is 18.0 Å². The number of nitrogens with one attached hydrogen (secondary N) is 1. The van der Waals surface area contributed by atoms with E-state index in [2.05, 4.69) is 5.10 Å². The molecule has 0 spiro atoms. The van der Waals surface area contributed by atoms with Gasteiger partial charge in [-0.05, 0) is 17.7 Å². The summed E-state index contributed by atoms with van der Waals surface area (Å²) in [5.74, 6) is -2.02. The van der Waals surface area contributed by atoms with Crippen molar-refractivity contribution in [1.82, 2.24) is 9.78 Å². The quantitative estimate of drug-likeness (QED) is 0.947. The Balaban J connectivity index is 2.02. The third-order valence-corrected chi connectivity index (χ3v) is 2.66. The van der Waals surface area contributed by atoms with Crippen LogP contribution in [0.15, 0.2) is 36.7 Å². The maximum Gasteiger partial charge on any atom is 0.471 e. The highest BCUT2D eigenvalue weighted by molar-refractivity contribution is 6.30. The molecule has 1 heterocycles. The van der Waals surface area contributed by atoms with Gasteiger partial charge in [0.05, 0.1) is 18.4 Å². The molecule has 0 saturated carbocycles. The van der Waals surface area contributed by atoms with Gasteiger partial charge in [0.25, 0.3) is 0 Å². The van der Waals surface area contributed by atoms with Crippen LogP contribution in [0.4, 0.5) is 18.9 Å². The Hall–Kier alpha value is -2.02. The Morgan fingerprint density at radius 1 is 1.30 bits per heavy atom. The molecule has 0 aliphatic heterocycles. The second kappa shape index (κ2) is 5.54. The van der Waals surface area contributed by atoms with Gasteiger partial charge >= 0.3 is 12.1 Å². The van der Waals surface area contributed by atoms with Crippen molar-refractivity contribution in [2.75, 3.05) is 5.32 Å². The number of amides is 1. The Morgan fingerprint density at radius 2 is 1.95 bits per heavy atom. The average Bonchev–Trinajstić information content (AvgIpc) is 2.78. The van der Waals surface area contributed by atoms with Gasteiger partial charge in [0.2, 0.25) is 0 Å². The van der Waals surface area contributed by atoms with Crippen molar-refractivity contribution in [3.05, 3.63) is 47.2 Å². The second-order valence-corrected chi connectivity index (χ2v) is 4.44. The first-order valence-electron chi connectivity index (χ1n) is 5.49. The van der Waals surface area contributed by atoms with Gasteiger partial charge < -0.3 is 5.32 Å². The minimum absolute atomic E-state index is 0.0127. The van der Waals surface area contributed by atoms with Gasteiger partial charge in [-0.1, -0.05) is 23.7 Å². The van der Waals surface area contributed by atoms with Gasteiger partial charge in [-0.25, -0.2) is 0 Å². The lowest BCUT2D eigenvalue weighted by Crippen LogP contribution is -2.29. The maximum absolute atomic E-state index is 12.1. The molecule has 0 atom stereocenters. The van der Waals surface area contributed by atoms with E-state index in [1.807, 2.05) is 0 Å². The molecular weight excluding hydrogens is 295 g/mol. The molecule has 0 bridgehead atoms. The molecule has 0 radical (unpaired) electrons. The van der Waals surface area contributed by atoms with Gasteiger partial charge in [-0.3, -0.25) is 9.48 Å². The number of hydrogen-bond donors (Lipinski definition) is 1. The number of anilines is 1. The van der Waals surface area contributed by atoms with Crippen molar-refractivity contribution < 1.29 is 18.0 Å². The minimum Gasteiger partial charge on any atom is -0.316 e. The average molecular weight is 304 g/mol. The van der Waals surface area contributed by atoms with E-state index in [1.165, 1.54) is 10.9 Å². The molecule has 4 nitrogen and oxygen atoms in total. The van der Waals surface area contributed by atoms with Gasteiger partial charge in [-0.2, -0.15) is 18.3 Å². The summed E-state index contributed by atoms with van der Waals surface area (Å²) in [7, 11) is 0. The smallest absolute Gasteiger partial charge is 0.316 e. The fourth-order valence-corrected chi connectivity index (χ4v) is 1.62. The molecule has 0 fully saturated rings. The van der Waals surface area contributed by atoms with Crippen molar-refractivity contribution in [2.24, 2.45) is 0 Å². The second-order valence-electron chi connectivity index (χ2n) is 4.00. The summed E-state index contributed by atoms with van der Waals surface area (Å²) < 4.78 is 37.6. The standard InChI is InChI=1S/C12H9ClF3N3O/c13-9-3-1-8(2-4-9)6-19-7-10(5-17-19)18-11(20)12(14,15)16/h1-5,7H,6H2,(H,18,20). The van der Waals surface area contributed by atoms with Gasteiger partial charge in [0.15, 0.2) is 0 Å². The van der Waals surface area contributed by atoms with Crippen LogP contribution in [0.1, 0.15) is 5.56 Å². The Bertz CT molecular complexity index is 607. The van der Waals surface area contributed by atoms with E-state index in [4.69, 9.17) is 11.6 Å². The normalized spacial score (nSPS) is 11.4. The molecule has 1 aromatic carbocycles. The van der Waals surface area contributed by atoms with Crippen LogP contribution in [-0.2, 0) is 11.3 Å². The third-order valence-electron chi connectivity index (χ3n) is 2.41. The monoisotopic (exact) mass is 303 g/mol. The summed E-state index contributed by atoms with van der Waals surface area (Å²) in [5.41, 5.74) is 0.868. The predicted molar refractivity (Wildman–Crippen MR) is 67.5 cm³/mol. The first kappa shape index (κ1) is 14.4. The molecule has 0 saturated heterocycles. The molecule has 1 aromatic heterocycles. The molecule has 0 unspecified atom stereocenters. The number of carbonyl (C=O) groups is 1. The molecule has 1 N–H and O–H groups in total. The minimum atomic E-state index is -4.92. The van der Waals surface area contributed by atoms with Crippen molar-refractivity contribution in [1.29, 1.82) is 0 Å². The molecule has 1 amide bonds. The molecule has 20 heavy (non-hydrogen) atoms. The molecular formula is C12H9ClF3N3O. The number of hydrogen-bond acceptors (Lipinski definition) is 2. The van der Waals surface area contributed by atoms with E-state index in [-0.39, 0.29) is 5.69 Å². The molecule has 0 aliphatic carbocycles. The number of alkyl halides is 3. The lowest BCUT2D eigenvalue weighted by atomic mass is 10.2. The van der Waals surface area contributed by atoms with Crippen molar-refractivity contribution >= 4 is 23.2 Å². The lowest BCUT2D eigenvalue weighted by molar-refractivity contribution is -0.167. The largest absolute Gasteiger partial charge is 0.471 e. The van der Waals surface area contributed by atoms with Crippen molar-refractivity contribution in [2.45, 2.75) is 12.7 Å². The summed E-state index contributed by atoms with van der Waals surface area (Å²) in [4.78, 5) is 10.8. The van der Waals surface area contributed by atoms with Crippen LogP contribution in [0.3, 0.4) is 0 Å². The Labute approximate surface area is 117 Å². The molecule has 8 heteroatoms. The molecule has 2 rings (SSSR count). The number of nitrogens with zero attached hydrogens (tertiary/aromatic N) is 2. The summed E-state index contributed by atoms with van der Waals surface area (Å²) in [5, 5.41) is 6.19. The van der Waals surface area contributed by atoms with Crippen LogP contribution < -0.4 is 5.32 Å². The van der Waals surface area contributed by atoms with E-state index >= 15 is 0 Å². The molecule has 106 valence electrons. The number of benzene rings is 1. The summed E-state index contributed by atoms with van der Waals surface area (Å²) in [6.45, 7) is 0.360. The summed E-state index contributed by atoms with van der Waals surface area (Å²) >= 11 is 5.74. The summed E-state index contributed by atoms with van der Waals surface area (Å²) in [6, 6.07) is 6.95. The van der Waals surface area contributed by atoms with Gasteiger partial charge in [0.1, 0.15) is 0 Å². The Kier molecular flexibility index (Phi) is 3.99. The van der Waals surface area contributed by atoms with Gasteiger partial charge in [-0.15, -0.1) is 0 Å². The Morgan fingerprint density at radius 3 is 2.55 bits per heavy atom. The van der Waals surface area contributed by atoms with E-state index in [0.717, 1.165) is 11.8 Å². The number of rotatable bonds is 3. The number of halogens is 4. The predicted octanol–water partition coefficient (Wildman–Crippen LogP) is 3.09. The molecule has 0 aliphatic rings. The van der Waals surface area contributed by atoms with Crippen LogP contribution in [0.25, 0.3) is 0 Å². The van der Waals surface area contributed by atoms with Crippen LogP contribution in [0.2, 0.25) is 5.02 Å². The third kappa shape index (κ3) is 3.74. The van der Waals surface area contributed by atoms with Crippen LogP contribution >= 0.6 is 11.6 Å². The zero-order valence-electron chi connectivity index (χ0n) is 9.99. The van der Waals surface area contributed by atoms with Crippen LogP contribution in [-0.4, -0.2) is 21.9 Å². The van der Waals surface area contributed by atoms with E-state index < -0.39 is 12.1 Å². The van der Waals surface area contributed by atoms with Crippen molar-refractivity contribution in [3.63, 3.8) is 0 Å². The topological polar surface area (TPSA) is 46.9 Å². The highest BCUT2D eigenvalue weighted by atomic mass is 35.5. The van der Waals surface area contributed by atoms with Crippen LogP contribution in [0.5, 0.6) is 0 Å². The SMILES string of the molecule is O=C(Nc1cnn(Cc2ccc(Cl)cc2)c1)C(F)(F)F. The highest BCUT2D eigenvalue weighted by Gasteiger charge is 2.38. The highest BCUT2D eigenvalue weighted by Crippen LogP contribution is 2.18. The first-order valence-corrected chi connectivity index (χ1v) is 5.87. The lowest BCUT2D eigenvalue weighted by Gasteiger charge is -2.05. The van der Waals surface area contributed by atoms with E-state index in [0.29, 0.717) is 11.6 Å². The number of aromatic nitrogens is 2. The zero-order valence-corrected chi connectivity index (χ0v) is 10.7. The first-order chi connectivity index (χ1) is 9.34. The maximum atomic E-state index is 12.1. The number of carbonyl (C=O) groups excluding carboxylic acids is 1. The summed E-state index contributed by atoms with van der Waals surface area (Å²) in [6.07, 6.45) is -2.45. The fourth-order valence-electron chi connectivity index (χ4n) is 1.49. The van der Waals surface area contributed by atoms with Gasteiger partial charge in [0, 0.05) is 11.2 Å². The van der Waals surface area contributed by atoms with E-state index in [1.54, 1.807) is 29.6 Å². The zero-order chi connectivity index (χ0) is 14.8.